The van der Waals surface area contributed by atoms with E-state index >= 15 is 0 Å². The first-order valence-electron chi connectivity index (χ1n) is 6.15. The van der Waals surface area contributed by atoms with Crippen molar-refractivity contribution in [1.29, 1.82) is 0 Å². The summed E-state index contributed by atoms with van der Waals surface area (Å²) in [5, 5.41) is 16.0. The zero-order chi connectivity index (χ0) is 13.1. The van der Waals surface area contributed by atoms with Gasteiger partial charge in [-0.2, -0.15) is 0 Å². The molecule has 2 unspecified atom stereocenters. The first kappa shape index (κ1) is 13.3. The van der Waals surface area contributed by atoms with Crippen LogP contribution in [-0.4, -0.2) is 23.5 Å². The van der Waals surface area contributed by atoms with Crippen molar-refractivity contribution in [1.82, 2.24) is 5.32 Å². The van der Waals surface area contributed by atoms with Crippen LogP contribution in [0.1, 0.15) is 20.8 Å². The minimum absolute atomic E-state index is 0.259. The van der Waals surface area contributed by atoms with Crippen molar-refractivity contribution in [3.8, 4) is 5.75 Å². The number of thiophene rings is 1. The van der Waals surface area contributed by atoms with Gasteiger partial charge in [-0.1, -0.05) is 12.1 Å². The second kappa shape index (κ2) is 5.69. The number of fused-ring (bicyclic) bond motifs is 1. The van der Waals surface area contributed by atoms with Crippen molar-refractivity contribution in [3.05, 3.63) is 29.6 Å². The molecule has 2 rings (SSSR count). The van der Waals surface area contributed by atoms with Gasteiger partial charge in [0.1, 0.15) is 11.9 Å². The van der Waals surface area contributed by atoms with E-state index in [0.29, 0.717) is 0 Å². The van der Waals surface area contributed by atoms with Gasteiger partial charge in [0.15, 0.2) is 6.23 Å². The minimum atomic E-state index is -0.564. The molecule has 1 aromatic heterocycles. The van der Waals surface area contributed by atoms with Crippen molar-refractivity contribution >= 4 is 21.4 Å². The van der Waals surface area contributed by atoms with Gasteiger partial charge in [0.25, 0.3) is 0 Å². The van der Waals surface area contributed by atoms with E-state index in [1.165, 1.54) is 4.70 Å². The van der Waals surface area contributed by atoms with E-state index in [1.807, 2.05) is 37.4 Å². The molecule has 2 aromatic rings. The smallest absolute Gasteiger partial charge is 0.176 e. The molecule has 0 saturated heterocycles. The van der Waals surface area contributed by atoms with Crippen LogP contribution in [0.15, 0.2) is 29.6 Å². The summed E-state index contributed by atoms with van der Waals surface area (Å²) in [5.74, 6) is 0.828. The largest absolute Gasteiger partial charge is 0.471 e. The van der Waals surface area contributed by atoms with Crippen LogP contribution in [0.3, 0.4) is 0 Å². The summed E-state index contributed by atoms with van der Waals surface area (Å²) in [4.78, 5) is 0. The van der Waals surface area contributed by atoms with Crippen LogP contribution in [0.5, 0.6) is 5.75 Å². The maximum atomic E-state index is 9.75. The zero-order valence-electron chi connectivity index (χ0n) is 10.9. The van der Waals surface area contributed by atoms with Gasteiger partial charge < -0.3 is 9.84 Å². The fourth-order valence-electron chi connectivity index (χ4n) is 1.78. The molecule has 3 nitrogen and oxygen atoms in total. The SMILES string of the molecule is CC(C)NC(Oc1csc2ccccc12)C(C)O. The Bertz CT molecular complexity index is 507. The average Bonchev–Trinajstić information content (AvgIpc) is 2.71. The Balaban J connectivity index is 2.20. The van der Waals surface area contributed by atoms with Crippen molar-refractivity contribution in [2.45, 2.75) is 39.1 Å². The summed E-state index contributed by atoms with van der Waals surface area (Å²) in [6.07, 6.45) is -0.950. The monoisotopic (exact) mass is 265 g/mol. The first-order chi connectivity index (χ1) is 8.58. The maximum absolute atomic E-state index is 9.75. The number of aliphatic hydroxyl groups excluding tert-OH is 1. The standard InChI is InChI=1S/C14H19NO2S/c1-9(2)15-14(10(3)16)17-12-8-18-13-7-5-4-6-11(12)13/h4-10,14-16H,1-3H3. The average molecular weight is 265 g/mol. The molecule has 0 aliphatic rings. The summed E-state index contributed by atoms with van der Waals surface area (Å²) in [6, 6.07) is 8.38. The Hall–Kier alpha value is -1.10. The van der Waals surface area contributed by atoms with Crippen LogP contribution in [0, 0.1) is 0 Å². The molecule has 0 aliphatic carbocycles. The van der Waals surface area contributed by atoms with Crippen LogP contribution >= 0.6 is 11.3 Å². The van der Waals surface area contributed by atoms with Gasteiger partial charge in [0.2, 0.25) is 0 Å². The van der Waals surface area contributed by atoms with Crippen molar-refractivity contribution in [3.63, 3.8) is 0 Å². The number of rotatable bonds is 5. The Morgan fingerprint density at radius 1 is 1.22 bits per heavy atom. The summed E-state index contributed by atoms with van der Waals surface area (Å²) in [5.41, 5.74) is 0. The molecule has 98 valence electrons. The molecule has 0 amide bonds. The molecule has 0 spiro atoms. The topological polar surface area (TPSA) is 41.5 Å². The van der Waals surface area contributed by atoms with Crippen LogP contribution < -0.4 is 10.1 Å². The Labute approximate surface area is 111 Å². The highest BCUT2D eigenvalue weighted by atomic mass is 32.1. The third-order valence-electron chi connectivity index (χ3n) is 2.64. The third-order valence-corrected chi connectivity index (χ3v) is 3.58. The molecule has 1 aromatic carbocycles. The van der Waals surface area contributed by atoms with Gasteiger partial charge in [-0.15, -0.1) is 11.3 Å². The number of ether oxygens (including phenoxy) is 1. The van der Waals surface area contributed by atoms with Gasteiger partial charge in [-0.3, -0.25) is 5.32 Å². The van der Waals surface area contributed by atoms with Gasteiger partial charge in [0.05, 0.1) is 0 Å². The van der Waals surface area contributed by atoms with E-state index in [-0.39, 0.29) is 12.3 Å². The molecule has 0 fully saturated rings. The highest BCUT2D eigenvalue weighted by molar-refractivity contribution is 7.17. The highest BCUT2D eigenvalue weighted by Gasteiger charge is 2.19. The summed E-state index contributed by atoms with van der Waals surface area (Å²) in [7, 11) is 0. The predicted octanol–water partition coefficient (Wildman–Crippen LogP) is 2.99. The molecule has 4 heteroatoms. The lowest BCUT2D eigenvalue weighted by molar-refractivity contribution is 0.0230. The lowest BCUT2D eigenvalue weighted by Crippen LogP contribution is -2.46. The van der Waals surface area contributed by atoms with Gasteiger partial charge in [-0.05, 0) is 32.9 Å². The molecule has 18 heavy (non-hydrogen) atoms. The molecule has 0 bridgehead atoms. The molecule has 2 atom stereocenters. The molecule has 0 aliphatic heterocycles. The van der Waals surface area contributed by atoms with Crippen molar-refractivity contribution in [2.24, 2.45) is 0 Å². The van der Waals surface area contributed by atoms with Crippen LogP contribution in [-0.2, 0) is 0 Å². The fourth-order valence-corrected chi connectivity index (χ4v) is 2.65. The van der Waals surface area contributed by atoms with E-state index in [4.69, 9.17) is 4.74 Å². The van der Waals surface area contributed by atoms with E-state index in [2.05, 4.69) is 11.4 Å². The second-order valence-corrected chi connectivity index (χ2v) is 5.61. The van der Waals surface area contributed by atoms with Crippen LogP contribution in [0.4, 0.5) is 0 Å². The number of aliphatic hydroxyl groups is 1. The van der Waals surface area contributed by atoms with Crippen LogP contribution in [0.2, 0.25) is 0 Å². The van der Waals surface area contributed by atoms with Gasteiger partial charge in [0, 0.05) is 21.5 Å². The molecule has 1 heterocycles. The predicted molar refractivity (Wildman–Crippen MR) is 76.2 cm³/mol. The summed E-state index contributed by atoms with van der Waals surface area (Å²) < 4.78 is 7.09. The van der Waals surface area contributed by atoms with Gasteiger partial charge >= 0.3 is 0 Å². The van der Waals surface area contributed by atoms with Crippen molar-refractivity contribution < 1.29 is 9.84 Å². The summed E-state index contributed by atoms with van der Waals surface area (Å²) >= 11 is 1.65. The van der Waals surface area contributed by atoms with Crippen molar-refractivity contribution in [2.75, 3.05) is 0 Å². The molecular formula is C14H19NO2S. The number of hydrogen-bond acceptors (Lipinski definition) is 4. The normalized spacial score (nSPS) is 14.9. The Morgan fingerprint density at radius 2 is 1.94 bits per heavy atom. The quantitative estimate of drug-likeness (QED) is 0.817. The molecule has 0 saturated carbocycles. The highest BCUT2D eigenvalue weighted by Crippen LogP contribution is 2.32. The number of hydrogen-bond donors (Lipinski definition) is 2. The molecule has 0 radical (unpaired) electrons. The lowest BCUT2D eigenvalue weighted by Gasteiger charge is -2.24. The Kier molecular flexibility index (Phi) is 4.22. The van der Waals surface area contributed by atoms with E-state index in [9.17, 15) is 5.11 Å². The number of benzene rings is 1. The lowest BCUT2D eigenvalue weighted by atomic mass is 10.2. The third kappa shape index (κ3) is 3.02. The minimum Gasteiger partial charge on any atom is -0.471 e. The van der Waals surface area contributed by atoms with E-state index in [1.54, 1.807) is 18.3 Å². The van der Waals surface area contributed by atoms with E-state index < -0.39 is 6.10 Å². The number of nitrogens with one attached hydrogen (secondary N) is 1. The zero-order valence-corrected chi connectivity index (χ0v) is 11.7. The first-order valence-corrected chi connectivity index (χ1v) is 7.03. The Morgan fingerprint density at radius 3 is 2.61 bits per heavy atom. The maximum Gasteiger partial charge on any atom is 0.176 e. The second-order valence-electron chi connectivity index (χ2n) is 4.70. The van der Waals surface area contributed by atoms with Gasteiger partial charge in [-0.25, -0.2) is 0 Å². The summed E-state index contributed by atoms with van der Waals surface area (Å²) in [6.45, 7) is 5.80. The van der Waals surface area contributed by atoms with E-state index in [0.717, 1.165) is 11.1 Å². The fraction of sp³-hybridized carbons (Fsp3) is 0.429. The molecular weight excluding hydrogens is 246 g/mol. The van der Waals surface area contributed by atoms with Crippen LogP contribution in [0.25, 0.3) is 10.1 Å². The molecule has 2 N–H and O–H groups in total.